The standard InChI is InChI=1S/C24H25N5O3S/c1-32-24-26-14-17(15-27-24)18-6-2-4-8-20(18)28-10-12-29(13-11-28)22(30)16-25-23(31)19-7-3-5-9-21(19)33/h2-9,14-15,33H,10-13,16H2,1H3,(H,25,31). The second-order valence-electron chi connectivity index (χ2n) is 7.54. The van der Waals surface area contributed by atoms with E-state index in [1.165, 1.54) is 7.11 Å². The molecule has 4 rings (SSSR count). The van der Waals surface area contributed by atoms with E-state index in [-0.39, 0.29) is 18.4 Å². The first-order valence-electron chi connectivity index (χ1n) is 10.6. The molecule has 33 heavy (non-hydrogen) atoms. The topological polar surface area (TPSA) is 87.7 Å². The minimum Gasteiger partial charge on any atom is -0.467 e. The number of anilines is 1. The molecule has 0 saturated carbocycles. The van der Waals surface area contributed by atoms with E-state index < -0.39 is 0 Å². The minimum absolute atomic E-state index is 0.0410. The third-order valence-electron chi connectivity index (χ3n) is 5.55. The second-order valence-corrected chi connectivity index (χ2v) is 8.03. The van der Waals surface area contributed by atoms with Gasteiger partial charge in [-0.3, -0.25) is 9.59 Å². The quantitative estimate of drug-likeness (QED) is 0.547. The Kier molecular flexibility index (Phi) is 7.09. The Bertz CT molecular complexity index is 1130. The largest absolute Gasteiger partial charge is 0.467 e. The fourth-order valence-corrected chi connectivity index (χ4v) is 4.04. The average molecular weight is 464 g/mol. The monoisotopic (exact) mass is 463 g/mol. The van der Waals surface area contributed by atoms with Gasteiger partial charge in [-0.25, -0.2) is 9.97 Å². The number of carbonyl (C=O) groups excluding carboxylic acids is 2. The van der Waals surface area contributed by atoms with E-state index >= 15 is 0 Å². The predicted octanol–water partition coefficient (Wildman–Crippen LogP) is 2.52. The molecular formula is C24H25N5O3S. The summed E-state index contributed by atoms with van der Waals surface area (Å²) in [6.45, 7) is 2.48. The number of thiol groups is 1. The molecule has 0 radical (unpaired) electrons. The molecule has 9 heteroatoms. The number of methoxy groups -OCH3 is 1. The van der Waals surface area contributed by atoms with E-state index in [0.29, 0.717) is 42.6 Å². The number of para-hydroxylation sites is 1. The lowest BCUT2D eigenvalue weighted by Gasteiger charge is -2.37. The van der Waals surface area contributed by atoms with Gasteiger partial charge in [0.15, 0.2) is 0 Å². The van der Waals surface area contributed by atoms with Crippen molar-refractivity contribution in [1.82, 2.24) is 20.2 Å². The maximum atomic E-state index is 12.7. The van der Waals surface area contributed by atoms with E-state index in [0.717, 1.165) is 16.8 Å². The third kappa shape index (κ3) is 5.25. The highest BCUT2D eigenvalue weighted by Gasteiger charge is 2.23. The van der Waals surface area contributed by atoms with Crippen LogP contribution in [0.1, 0.15) is 10.4 Å². The van der Waals surface area contributed by atoms with Crippen molar-refractivity contribution in [2.45, 2.75) is 4.90 Å². The molecule has 1 aliphatic rings. The van der Waals surface area contributed by atoms with Gasteiger partial charge >= 0.3 is 6.01 Å². The first-order valence-corrected chi connectivity index (χ1v) is 11.1. The Morgan fingerprint density at radius 2 is 1.67 bits per heavy atom. The van der Waals surface area contributed by atoms with Crippen molar-refractivity contribution in [2.24, 2.45) is 0 Å². The van der Waals surface area contributed by atoms with Gasteiger partial charge in [-0.1, -0.05) is 30.3 Å². The molecular weight excluding hydrogens is 438 g/mol. The molecule has 0 unspecified atom stereocenters. The minimum atomic E-state index is -0.303. The van der Waals surface area contributed by atoms with Gasteiger partial charge in [0.05, 0.1) is 19.2 Å². The average Bonchev–Trinajstić information content (AvgIpc) is 2.87. The van der Waals surface area contributed by atoms with Crippen LogP contribution in [0.4, 0.5) is 5.69 Å². The maximum absolute atomic E-state index is 12.7. The van der Waals surface area contributed by atoms with Crippen LogP contribution in [0.25, 0.3) is 11.1 Å². The summed E-state index contributed by atoms with van der Waals surface area (Å²) >= 11 is 4.30. The Morgan fingerprint density at radius 3 is 2.36 bits per heavy atom. The van der Waals surface area contributed by atoms with Gasteiger partial charge in [0.2, 0.25) is 5.91 Å². The first-order chi connectivity index (χ1) is 16.1. The van der Waals surface area contributed by atoms with E-state index in [2.05, 4.69) is 38.9 Å². The van der Waals surface area contributed by atoms with Gasteiger partial charge < -0.3 is 19.9 Å². The molecule has 0 spiro atoms. The maximum Gasteiger partial charge on any atom is 0.316 e. The smallest absolute Gasteiger partial charge is 0.316 e. The van der Waals surface area contributed by atoms with Crippen molar-refractivity contribution in [1.29, 1.82) is 0 Å². The summed E-state index contributed by atoms with van der Waals surface area (Å²) in [4.78, 5) is 38.0. The van der Waals surface area contributed by atoms with Crippen LogP contribution < -0.4 is 15.0 Å². The van der Waals surface area contributed by atoms with Gasteiger partial charge in [-0.05, 0) is 18.2 Å². The molecule has 0 atom stereocenters. The summed E-state index contributed by atoms with van der Waals surface area (Å²) in [5, 5.41) is 2.70. The number of piperazine rings is 1. The first kappa shape index (κ1) is 22.6. The molecule has 3 aromatic rings. The molecule has 2 amide bonds. The van der Waals surface area contributed by atoms with E-state index in [9.17, 15) is 9.59 Å². The van der Waals surface area contributed by atoms with Crippen molar-refractivity contribution >= 4 is 30.1 Å². The second kappa shape index (κ2) is 10.4. The Balaban J connectivity index is 1.36. The summed E-state index contributed by atoms with van der Waals surface area (Å²) in [5.41, 5.74) is 3.45. The third-order valence-corrected chi connectivity index (χ3v) is 5.94. The molecule has 0 bridgehead atoms. The molecule has 1 saturated heterocycles. The molecule has 1 aliphatic heterocycles. The molecule has 0 aliphatic carbocycles. The van der Waals surface area contributed by atoms with Crippen LogP contribution in [0.15, 0.2) is 65.8 Å². The number of nitrogens with one attached hydrogen (secondary N) is 1. The summed E-state index contributed by atoms with van der Waals surface area (Å²) in [6, 6.07) is 15.4. The molecule has 170 valence electrons. The summed E-state index contributed by atoms with van der Waals surface area (Å²) < 4.78 is 5.05. The predicted molar refractivity (Wildman–Crippen MR) is 129 cm³/mol. The lowest BCUT2D eigenvalue weighted by atomic mass is 10.1. The molecule has 2 heterocycles. The van der Waals surface area contributed by atoms with Gasteiger partial charge in [0.25, 0.3) is 5.91 Å². The van der Waals surface area contributed by atoms with E-state index in [1.54, 1.807) is 35.5 Å². The van der Waals surface area contributed by atoms with Crippen LogP contribution in [-0.4, -0.2) is 66.5 Å². The molecule has 8 nitrogen and oxygen atoms in total. The van der Waals surface area contributed by atoms with Crippen LogP contribution in [0.5, 0.6) is 6.01 Å². The summed E-state index contributed by atoms with van der Waals surface area (Å²) in [6.07, 6.45) is 3.49. The van der Waals surface area contributed by atoms with Crippen molar-refractivity contribution in [3.05, 3.63) is 66.5 Å². The van der Waals surface area contributed by atoms with Crippen molar-refractivity contribution in [2.75, 3.05) is 44.7 Å². The molecule has 1 N–H and O–H groups in total. The number of ether oxygens (including phenoxy) is 1. The van der Waals surface area contributed by atoms with Gasteiger partial charge in [-0.15, -0.1) is 12.6 Å². The number of carbonyl (C=O) groups is 2. The number of hydrogen-bond acceptors (Lipinski definition) is 7. The molecule has 1 fully saturated rings. The zero-order chi connectivity index (χ0) is 23.2. The van der Waals surface area contributed by atoms with E-state index in [4.69, 9.17) is 4.74 Å². The fourth-order valence-electron chi connectivity index (χ4n) is 3.78. The normalized spacial score (nSPS) is 13.5. The highest BCUT2D eigenvalue weighted by Crippen LogP contribution is 2.31. The lowest BCUT2D eigenvalue weighted by Crippen LogP contribution is -2.51. The van der Waals surface area contributed by atoms with Gasteiger partial charge in [0, 0.05) is 60.3 Å². The molecule has 1 aromatic heterocycles. The van der Waals surface area contributed by atoms with Gasteiger partial charge in [0.1, 0.15) is 0 Å². The zero-order valence-electron chi connectivity index (χ0n) is 18.3. The van der Waals surface area contributed by atoms with Crippen LogP contribution in [0, 0.1) is 0 Å². The van der Waals surface area contributed by atoms with Gasteiger partial charge in [-0.2, -0.15) is 0 Å². The van der Waals surface area contributed by atoms with E-state index in [1.807, 2.05) is 24.3 Å². The van der Waals surface area contributed by atoms with Crippen molar-refractivity contribution in [3.8, 4) is 17.1 Å². The summed E-state index contributed by atoms with van der Waals surface area (Å²) in [7, 11) is 1.54. The number of benzene rings is 2. The highest BCUT2D eigenvalue weighted by molar-refractivity contribution is 7.80. The van der Waals surface area contributed by atoms with Crippen LogP contribution in [0.3, 0.4) is 0 Å². The van der Waals surface area contributed by atoms with Crippen LogP contribution >= 0.6 is 12.6 Å². The van der Waals surface area contributed by atoms with Crippen molar-refractivity contribution in [3.63, 3.8) is 0 Å². The Morgan fingerprint density at radius 1 is 1.00 bits per heavy atom. The zero-order valence-corrected chi connectivity index (χ0v) is 19.2. The van der Waals surface area contributed by atoms with Crippen LogP contribution in [0.2, 0.25) is 0 Å². The number of amides is 2. The molecule has 2 aromatic carbocycles. The Hall–Kier alpha value is -3.59. The van der Waals surface area contributed by atoms with Crippen LogP contribution in [-0.2, 0) is 4.79 Å². The van der Waals surface area contributed by atoms with Crippen molar-refractivity contribution < 1.29 is 14.3 Å². The summed E-state index contributed by atoms with van der Waals surface area (Å²) in [5.74, 6) is -0.403. The number of nitrogens with zero attached hydrogens (tertiary/aromatic N) is 4. The number of aromatic nitrogens is 2. The highest BCUT2D eigenvalue weighted by atomic mass is 32.1. The number of rotatable bonds is 6. The SMILES string of the molecule is COc1ncc(-c2ccccc2N2CCN(C(=O)CNC(=O)c3ccccc3S)CC2)cn1. The number of hydrogen-bond donors (Lipinski definition) is 2. The fraction of sp³-hybridized carbons (Fsp3) is 0.250. The lowest BCUT2D eigenvalue weighted by molar-refractivity contribution is -0.130. The Labute approximate surface area is 198 Å².